The third-order valence-corrected chi connectivity index (χ3v) is 2.20. The molecule has 2 radical (unpaired) electrons. The third kappa shape index (κ3) is 1.49. The summed E-state index contributed by atoms with van der Waals surface area (Å²) in [5.74, 6) is 0. The van der Waals surface area contributed by atoms with Crippen molar-refractivity contribution in [1.82, 2.24) is 4.98 Å². The fraction of sp³-hybridized carbons (Fsp3) is 0.167. The largest absolute Gasteiger partial charge is 0.392 e. The molecule has 0 saturated heterocycles. The van der Waals surface area contributed by atoms with E-state index in [9.17, 15) is 0 Å². The van der Waals surface area contributed by atoms with E-state index in [0.717, 1.165) is 3.57 Å². The van der Waals surface area contributed by atoms with Gasteiger partial charge in [0.05, 0.1) is 6.61 Å². The Morgan fingerprint density at radius 3 is 2.80 bits per heavy atom. The van der Waals surface area contributed by atoms with E-state index in [4.69, 9.17) is 13.0 Å². The Kier molecular flexibility index (Phi) is 2.68. The number of hydrogen-bond donors (Lipinski definition) is 1. The van der Waals surface area contributed by atoms with Crippen LogP contribution < -0.4 is 5.59 Å². The summed E-state index contributed by atoms with van der Waals surface area (Å²) in [6.45, 7) is -0.0437. The average Bonchev–Trinajstić information content (AvgIpc) is 1.88. The van der Waals surface area contributed by atoms with Gasteiger partial charge >= 0.3 is 0 Å². The first kappa shape index (κ1) is 8.01. The summed E-state index contributed by atoms with van der Waals surface area (Å²) >= 11 is 2.11. The van der Waals surface area contributed by atoms with Gasteiger partial charge in [0.25, 0.3) is 0 Å². The molecule has 0 spiro atoms. The minimum absolute atomic E-state index is 0.0437. The lowest BCUT2D eigenvalue weighted by molar-refractivity contribution is 0.281. The summed E-state index contributed by atoms with van der Waals surface area (Å²) in [5, 5.41) is 8.77. The van der Waals surface area contributed by atoms with E-state index in [0.29, 0.717) is 11.2 Å². The molecule has 50 valence electrons. The lowest BCUT2D eigenvalue weighted by atomic mass is 9.98. The van der Waals surface area contributed by atoms with Crippen molar-refractivity contribution in [3.63, 3.8) is 0 Å². The van der Waals surface area contributed by atoms with Crippen LogP contribution in [0.2, 0.25) is 0 Å². The molecule has 0 saturated carbocycles. The van der Waals surface area contributed by atoms with Crippen LogP contribution in [0.4, 0.5) is 0 Å². The summed E-state index contributed by atoms with van der Waals surface area (Å²) in [4.78, 5) is 3.82. The SMILES string of the molecule is [B]c1nccc(I)c1CO. The van der Waals surface area contributed by atoms with Crippen LogP contribution in [0.1, 0.15) is 5.56 Å². The van der Waals surface area contributed by atoms with Crippen LogP contribution in [0.3, 0.4) is 0 Å². The van der Waals surface area contributed by atoms with Crippen molar-refractivity contribution in [2.45, 2.75) is 6.61 Å². The maximum absolute atomic E-state index is 8.77. The monoisotopic (exact) mass is 245 g/mol. The number of pyridine rings is 1. The van der Waals surface area contributed by atoms with Gasteiger partial charge in [0.1, 0.15) is 7.85 Å². The second-order valence-electron chi connectivity index (χ2n) is 1.81. The highest BCUT2D eigenvalue weighted by Gasteiger charge is 2.00. The van der Waals surface area contributed by atoms with Crippen LogP contribution in [0.25, 0.3) is 0 Å². The van der Waals surface area contributed by atoms with E-state index >= 15 is 0 Å². The Balaban J connectivity index is 3.17. The van der Waals surface area contributed by atoms with Crippen molar-refractivity contribution in [1.29, 1.82) is 0 Å². The van der Waals surface area contributed by atoms with Gasteiger partial charge in [0.2, 0.25) is 0 Å². The predicted octanol–water partition coefficient (Wildman–Crippen LogP) is -0.0277. The van der Waals surface area contributed by atoms with Crippen LogP contribution in [0, 0.1) is 3.57 Å². The molecule has 0 amide bonds. The quantitative estimate of drug-likeness (QED) is 0.556. The van der Waals surface area contributed by atoms with Gasteiger partial charge in [-0.3, -0.25) is 4.98 Å². The van der Waals surface area contributed by atoms with Gasteiger partial charge < -0.3 is 5.11 Å². The molecule has 0 aliphatic carbocycles. The standard InChI is InChI=1S/C6H5BINO/c7-6-4(3-10)5(8)1-2-9-6/h1-2,10H,3H2. The molecular formula is C6H5BINO. The first-order valence-electron chi connectivity index (χ1n) is 2.75. The van der Waals surface area contributed by atoms with Crippen molar-refractivity contribution in [3.8, 4) is 0 Å². The molecule has 1 N–H and O–H groups in total. The van der Waals surface area contributed by atoms with Crippen LogP contribution >= 0.6 is 22.6 Å². The van der Waals surface area contributed by atoms with Crippen molar-refractivity contribution < 1.29 is 5.11 Å². The molecule has 1 rings (SSSR count). The Morgan fingerprint density at radius 2 is 2.40 bits per heavy atom. The molecule has 1 aromatic rings. The first-order chi connectivity index (χ1) is 4.75. The average molecular weight is 245 g/mol. The zero-order chi connectivity index (χ0) is 7.56. The van der Waals surface area contributed by atoms with E-state index in [1.54, 1.807) is 6.20 Å². The lowest BCUT2D eigenvalue weighted by Gasteiger charge is -2.02. The molecule has 0 unspecified atom stereocenters. The smallest absolute Gasteiger partial charge is 0.142 e. The van der Waals surface area contributed by atoms with Gasteiger partial charge in [-0.15, -0.1) is 0 Å². The molecule has 0 atom stereocenters. The van der Waals surface area contributed by atoms with Gasteiger partial charge in [-0.25, -0.2) is 0 Å². The van der Waals surface area contributed by atoms with Crippen molar-refractivity contribution in [3.05, 3.63) is 21.4 Å². The molecule has 4 heteroatoms. The summed E-state index contributed by atoms with van der Waals surface area (Å²) in [6.07, 6.45) is 1.62. The summed E-state index contributed by atoms with van der Waals surface area (Å²) < 4.78 is 0.951. The molecule has 0 aromatic carbocycles. The molecule has 0 bridgehead atoms. The Hall–Kier alpha value is -0.0951. The molecule has 0 aliphatic rings. The second-order valence-corrected chi connectivity index (χ2v) is 2.98. The fourth-order valence-electron chi connectivity index (χ4n) is 0.640. The number of halogens is 1. The Labute approximate surface area is 74.2 Å². The van der Waals surface area contributed by atoms with Crippen LogP contribution in [-0.4, -0.2) is 17.9 Å². The summed E-state index contributed by atoms with van der Waals surface area (Å²) in [6, 6.07) is 1.81. The maximum Gasteiger partial charge on any atom is 0.142 e. The van der Waals surface area contributed by atoms with Crippen LogP contribution in [0.5, 0.6) is 0 Å². The van der Waals surface area contributed by atoms with Crippen molar-refractivity contribution in [2.75, 3.05) is 0 Å². The number of aliphatic hydroxyl groups excluding tert-OH is 1. The maximum atomic E-state index is 8.77. The normalized spacial score (nSPS) is 9.80. The van der Waals surface area contributed by atoms with Gasteiger partial charge in [0, 0.05) is 15.3 Å². The minimum Gasteiger partial charge on any atom is -0.392 e. The first-order valence-corrected chi connectivity index (χ1v) is 3.83. The van der Waals surface area contributed by atoms with E-state index in [1.165, 1.54) is 0 Å². The highest BCUT2D eigenvalue weighted by Crippen LogP contribution is 2.06. The van der Waals surface area contributed by atoms with E-state index < -0.39 is 0 Å². The molecule has 10 heavy (non-hydrogen) atoms. The lowest BCUT2D eigenvalue weighted by Crippen LogP contribution is -2.15. The zero-order valence-electron chi connectivity index (χ0n) is 5.21. The van der Waals surface area contributed by atoms with Gasteiger partial charge in [-0.05, 0) is 34.3 Å². The predicted molar refractivity (Wildman–Crippen MR) is 48.3 cm³/mol. The Morgan fingerprint density at radius 1 is 1.70 bits per heavy atom. The van der Waals surface area contributed by atoms with Crippen molar-refractivity contribution >= 4 is 36.0 Å². The molecular weight excluding hydrogens is 240 g/mol. The highest BCUT2D eigenvalue weighted by molar-refractivity contribution is 14.1. The van der Waals surface area contributed by atoms with Gasteiger partial charge in [-0.1, -0.05) is 0 Å². The zero-order valence-corrected chi connectivity index (χ0v) is 7.37. The molecule has 0 fully saturated rings. The summed E-state index contributed by atoms with van der Waals surface area (Å²) in [7, 11) is 5.46. The van der Waals surface area contributed by atoms with E-state index in [-0.39, 0.29) is 6.61 Å². The van der Waals surface area contributed by atoms with Crippen molar-refractivity contribution in [2.24, 2.45) is 0 Å². The number of nitrogens with zero attached hydrogens (tertiary/aromatic N) is 1. The molecule has 1 heterocycles. The molecule has 2 nitrogen and oxygen atoms in total. The van der Waals surface area contributed by atoms with E-state index in [2.05, 4.69) is 27.6 Å². The number of hydrogen-bond acceptors (Lipinski definition) is 2. The fourth-order valence-corrected chi connectivity index (χ4v) is 1.25. The second kappa shape index (κ2) is 3.34. The van der Waals surface area contributed by atoms with Gasteiger partial charge in [-0.2, -0.15) is 0 Å². The number of aromatic nitrogens is 1. The van der Waals surface area contributed by atoms with Crippen LogP contribution in [0.15, 0.2) is 12.3 Å². The van der Waals surface area contributed by atoms with Gasteiger partial charge in [0.15, 0.2) is 0 Å². The van der Waals surface area contributed by atoms with E-state index in [1.807, 2.05) is 6.07 Å². The Bertz CT molecular complexity index is 221. The topological polar surface area (TPSA) is 33.1 Å². The third-order valence-electron chi connectivity index (χ3n) is 1.19. The van der Waals surface area contributed by atoms with Crippen LogP contribution in [-0.2, 0) is 6.61 Å². The minimum atomic E-state index is -0.0437. The number of rotatable bonds is 1. The highest BCUT2D eigenvalue weighted by atomic mass is 127. The molecule has 0 aliphatic heterocycles. The number of aliphatic hydroxyl groups is 1. The summed E-state index contributed by atoms with van der Waals surface area (Å²) in [5.41, 5.74) is 1.12. The molecule has 1 aromatic heterocycles.